The standard InChI is InChI=1S/C16H25NO2/c1-13-6-8-14(9-7-13)16(11-17-2)19-12-15-5-3-4-10-18-15/h6-9,15-17H,3-5,10-12H2,1-2H3. The summed E-state index contributed by atoms with van der Waals surface area (Å²) in [5.41, 5.74) is 2.51. The van der Waals surface area contributed by atoms with Crippen LogP contribution >= 0.6 is 0 Å². The largest absolute Gasteiger partial charge is 0.376 e. The van der Waals surface area contributed by atoms with Gasteiger partial charge in [0.25, 0.3) is 0 Å². The van der Waals surface area contributed by atoms with E-state index >= 15 is 0 Å². The van der Waals surface area contributed by atoms with Gasteiger partial charge in [-0.3, -0.25) is 0 Å². The van der Waals surface area contributed by atoms with Crippen molar-refractivity contribution in [2.45, 2.75) is 38.4 Å². The summed E-state index contributed by atoms with van der Waals surface area (Å²) in [6.07, 6.45) is 3.96. The van der Waals surface area contributed by atoms with Gasteiger partial charge in [0, 0.05) is 13.2 Å². The second kappa shape index (κ2) is 7.63. The zero-order chi connectivity index (χ0) is 13.5. The van der Waals surface area contributed by atoms with Crippen LogP contribution in [0.1, 0.15) is 36.5 Å². The van der Waals surface area contributed by atoms with E-state index in [-0.39, 0.29) is 12.2 Å². The Hall–Kier alpha value is -0.900. The highest BCUT2D eigenvalue weighted by atomic mass is 16.5. The predicted molar refractivity (Wildman–Crippen MR) is 77.4 cm³/mol. The molecule has 0 amide bonds. The Bertz CT molecular complexity index is 358. The van der Waals surface area contributed by atoms with Gasteiger partial charge >= 0.3 is 0 Å². The van der Waals surface area contributed by atoms with Crippen LogP contribution in [0.5, 0.6) is 0 Å². The second-order valence-electron chi connectivity index (χ2n) is 5.28. The molecular formula is C16H25NO2. The molecule has 0 aliphatic carbocycles. The molecule has 2 rings (SSSR count). The van der Waals surface area contributed by atoms with Crippen LogP contribution in [0.3, 0.4) is 0 Å². The Morgan fingerprint density at radius 1 is 1.32 bits per heavy atom. The maximum absolute atomic E-state index is 6.06. The lowest BCUT2D eigenvalue weighted by atomic mass is 10.1. The van der Waals surface area contributed by atoms with Crippen LogP contribution in [0.15, 0.2) is 24.3 Å². The summed E-state index contributed by atoms with van der Waals surface area (Å²) in [5, 5.41) is 3.20. The van der Waals surface area contributed by atoms with Crippen LogP contribution in [0.2, 0.25) is 0 Å². The molecule has 1 aromatic rings. The van der Waals surface area contributed by atoms with Crippen molar-refractivity contribution in [3.63, 3.8) is 0 Å². The lowest BCUT2D eigenvalue weighted by molar-refractivity contribution is -0.0630. The molecule has 106 valence electrons. The van der Waals surface area contributed by atoms with Crippen molar-refractivity contribution in [1.82, 2.24) is 5.32 Å². The van der Waals surface area contributed by atoms with E-state index in [1.54, 1.807) is 0 Å². The summed E-state index contributed by atoms with van der Waals surface area (Å²) in [7, 11) is 1.96. The molecule has 0 spiro atoms. The number of aryl methyl sites for hydroxylation is 1. The number of ether oxygens (including phenoxy) is 2. The minimum Gasteiger partial charge on any atom is -0.376 e. The van der Waals surface area contributed by atoms with Gasteiger partial charge < -0.3 is 14.8 Å². The molecule has 0 aromatic heterocycles. The zero-order valence-electron chi connectivity index (χ0n) is 12.0. The number of rotatable bonds is 6. The third-order valence-electron chi connectivity index (χ3n) is 3.60. The van der Waals surface area contributed by atoms with Crippen LogP contribution < -0.4 is 5.32 Å². The molecule has 19 heavy (non-hydrogen) atoms. The van der Waals surface area contributed by atoms with Crippen molar-refractivity contribution in [3.8, 4) is 0 Å². The topological polar surface area (TPSA) is 30.5 Å². The minimum atomic E-state index is 0.108. The van der Waals surface area contributed by atoms with Crippen molar-refractivity contribution in [2.24, 2.45) is 0 Å². The van der Waals surface area contributed by atoms with Gasteiger partial charge in [-0.25, -0.2) is 0 Å². The lowest BCUT2D eigenvalue weighted by Gasteiger charge is -2.25. The van der Waals surface area contributed by atoms with E-state index < -0.39 is 0 Å². The number of nitrogens with one attached hydrogen (secondary N) is 1. The van der Waals surface area contributed by atoms with Gasteiger partial charge in [0.15, 0.2) is 0 Å². The Kier molecular flexibility index (Phi) is 5.83. The van der Waals surface area contributed by atoms with Crippen molar-refractivity contribution >= 4 is 0 Å². The SMILES string of the molecule is CNCC(OCC1CCCCO1)c1ccc(C)cc1. The average Bonchev–Trinajstić information content (AvgIpc) is 2.46. The summed E-state index contributed by atoms with van der Waals surface area (Å²) in [4.78, 5) is 0. The van der Waals surface area contributed by atoms with E-state index in [1.807, 2.05) is 7.05 Å². The van der Waals surface area contributed by atoms with Gasteiger partial charge in [-0.05, 0) is 38.8 Å². The Labute approximate surface area is 116 Å². The third kappa shape index (κ3) is 4.60. The molecule has 1 aliphatic heterocycles. The number of likely N-dealkylation sites (N-methyl/N-ethyl adjacent to an activating group) is 1. The minimum absolute atomic E-state index is 0.108. The first-order chi connectivity index (χ1) is 9.29. The summed E-state index contributed by atoms with van der Waals surface area (Å²) in [6.45, 7) is 4.51. The fourth-order valence-electron chi connectivity index (χ4n) is 2.40. The lowest BCUT2D eigenvalue weighted by Crippen LogP contribution is -2.28. The number of benzene rings is 1. The van der Waals surface area contributed by atoms with E-state index in [2.05, 4.69) is 36.5 Å². The first-order valence-corrected chi connectivity index (χ1v) is 7.24. The predicted octanol–water partition coefficient (Wildman–Crippen LogP) is 2.84. The van der Waals surface area contributed by atoms with Crippen LogP contribution in [0, 0.1) is 6.92 Å². The number of hydrogen-bond donors (Lipinski definition) is 1. The van der Waals surface area contributed by atoms with Crippen LogP contribution in [-0.2, 0) is 9.47 Å². The van der Waals surface area contributed by atoms with Gasteiger partial charge in [-0.1, -0.05) is 29.8 Å². The van der Waals surface area contributed by atoms with Gasteiger partial charge in [0.1, 0.15) is 0 Å². The fourth-order valence-corrected chi connectivity index (χ4v) is 2.40. The molecule has 1 aromatic carbocycles. The molecule has 2 unspecified atom stereocenters. The monoisotopic (exact) mass is 263 g/mol. The summed E-state index contributed by atoms with van der Waals surface area (Å²) < 4.78 is 11.8. The van der Waals surface area contributed by atoms with Crippen molar-refractivity contribution in [3.05, 3.63) is 35.4 Å². The van der Waals surface area contributed by atoms with Crippen LogP contribution in [0.25, 0.3) is 0 Å². The van der Waals surface area contributed by atoms with E-state index in [4.69, 9.17) is 9.47 Å². The van der Waals surface area contributed by atoms with Crippen molar-refractivity contribution < 1.29 is 9.47 Å². The van der Waals surface area contributed by atoms with E-state index in [0.29, 0.717) is 6.61 Å². The molecule has 1 N–H and O–H groups in total. The van der Waals surface area contributed by atoms with Gasteiger partial charge in [-0.15, -0.1) is 0 Å². The van der Waals surface area contributed by atoms with Crippen molar-refractivity contribution in [2.75, 3.05) is 26.8 Å². The van der Waals surface area contributed by atoms with Crippen LogP contribution in [-0.4, -0.2) is 32.9 Å². The highest BCUT2D eigenvalue weighted by Gasteiger charge is 2.17. The third-order valence-corrected chi connectivity index (χ3v) is 3.60. The molecule has 0 saturated carbocycles. The molecule has 1 saturated heterocycles. The Morgan fingerprint density at radius 2 is 2.11 bits per heavy atom. The van der Waals surface area contributed by atoms with Gasteiger partial charge in [0.2, 0.25) is 0 Å². The molecule has 1 aliphatic rings. The summed E-state index contributed by atoms with van der Waals surface area (Å²) in [5.74, 6) is 0. The molecule has 0 bridgehead atoms. The molecule has 3 nitrogen and oxygen atoms in total. The maximum Gasteiger partial charge on any atom is 0.0950 e. The quantitative estimate of drug-likeness (QED) is 0.856. The highest BCUT2D eigenvalue weighted by Crippen LogP contribution is 2.20. The second-order valence-corrected chi connectivity index (χ2v) is 5.28. The molecule has 1 heterocycles. The average molecular weight is 263 g/mol. The first kappa shape index (κ1) is 14.5. The van der Waals surface area contributed by atoms with E-state index in [1.165, 1.54) is 24.0 Å². The van der Waals surface area contributed by atoms with E-state index in [9.17, 15) is 0 Å². The molecule has 3 heteroatoms. The first-order valence-electron chi connectivity index (χ1n) is 7.24. The summed E-state index contributed by atoms with van der Waals surface area (Å²) >= 11 is 0. The molecule has 0 radical (unpaired) electrons. The maximum atomic E-state index is 6.06. The van der Waals surface area contributed by atoms with Gasteiger partial charge in [0.05, 0.1) is 18.8 Å². The summed E-state index contributed by atoms with van der Waals surface area (Å²) in [6, 6.07) is 8.58. The van der Waals surface area contributed by atoms with Crippen molar-refractivity contribution in [1.29, 1.82) is 0 Å². The van der Waals surface area contributed by atoms with Gasteiger partial charge in [-0.2, -0.15) is 0 Å². The van der Waals surface area contributed by atoms with Crippen LogP contribution in [0.4, 0.5) is 0 Å². The molecule has 1 fully saturated rings. The molecule has 2 atom stereocenters. The molecular weight excluding hydrogens is 238 g/mol. The normalized spacial score (nSPS) is 21.3. The van der Waals surface area contributed by atoms with E-state index in [0.717, 1.165) is 19.6 Å². The Morgan fingerprint density at radius 3 is 2.74 bits per heavy atom. The Balaban J connectivity index is 1.89. The zero-order valence-corrected chi connectivity index (χ0v) is 12.0. The number of hydrogen-bond acceptors (Lipinski definition) is 3. The smallest absolute Gasteiger partial charge is 0.0950 e. The fraction of sp³-hybridized carbons (Fsp3) is 0.625. The highest BCUT2D eigenvalue weighted by molar-refractivity contribution is 5.23.